The number of allylic oxidation sites excluding steroid dienone is 1. The number of phenols is 1. The van der Waals surface area contributed by atoms with Gasteiger partial charge in [0.1, 0.15) is 0 Å². The van der Waals surface area contributed by atoms with E-state index < -0.39 is 12.0 Å². The lowest BCUT2D eigenvalue weighted by Gasteiger charge is -2.25. The predicted octanol–water partition coefficient (Wildman–Crippen LogP) is 3.31. The van der Waals surface area contributed by atoms with E-state index >= 15 is 0 Å². The average Bonchev–Trinajstić information content (AvgIpc) is 3.19. The Bertz CT molecular complexity index is 1570. The third-order valence-electron chi connectivity index (χ3n) is 5.90. The number of benzene rings is 2. The summed E-state index contributed by atoms with van der Waals surface area (Å²) >= 11 is 1.21. The van der Waals surface area contributed by atoms with Crippen molar-refractivity contribution in [1.29, 1.82) is 0 Å². The van der Waals surface area contributed by atoms with Gasteiger partial charge < -0.3 is 24.1 Å². The summed E-state index contributed by atoms with van der Waals surface area (Å²) in [5, 5.41) is 10.0. The molecule has 0 amide bonds. The molecule has 1 N–H and O–H groups in total. The van der Waals surface area contributed by atoms with Crippen LogP contribution in [0.25, 0.3) is 6.08 Å². The zero-order chi connectivity index (χ0) is 27.4. The van der Waals surface area contributed by atoms with Crippen molar-refractivity contribution in [2.24, 2.45) is 4.99 Å². The highest BCUT2D eigenvalue weighted by atomic mass is 32.1. The molecule has 0 saturated carbocycles. The fourth-order valence-electron chi connectivity index (χ4n) is 4.28. The number of ether oxygens (including phenoxy) is 4. The first-order valence-corrected chi connectivity index (χ1v) is 13.1. The first-order chi connectivity index (χ1) is 18.3. The third-order valence-corrected chi connectivity index (χ3v) is 6.88. The molecular weight excluding hydrogens is 508 g/mol. The molecule has 0 saturated heterocycles. The Hall–Kier alpha value is -4.05. The zero-order valence-corrected chi connectivity index (χ0v) is 22.8. The van der Waals surface area contributed by atoms with E-state index in [1.807, 2.05) is 13.8 Å². The highest BCUT2D eigenvalue weighted by Crippen LogP contribution is 2.36. The molecule has 1 aliphatic heterocycles. The number of hydrogen-bond acceptors (Lipinski definition) is 9. The Morgan fingerprint density at radius 3 is 2.47 bits per heavy atom. The van der Waals surface area contributed by atoms with E-state index in [2.05, 4.69) is 4.99 Å². The number of phenolic OH excluding ortho intramolecular Hbond substituents is 1. The van der Waals surface area contributed by atoms with Gasteiger partial charge >= 0.3 is 5.97 Å². The summed E-state index contributed by atoms with van der Waals surface area (Å²) in [6.07, 6.45) is 1.71. The fourth-order valence-corrected chi connectivity index (χ4v) is 5.33. The summed E-state index contributed by atoms with van der Waals surface area (Å²) in [5.74, 6) is 0.847. The van der Waals surface area contributed by atoms with Gasteiger partial charge in [-0.15, -0.1) is 0 Å². The van der Waals surface area contributed by atoms with Gasteiger partial charge in [0.25, 0.3) is 5.56 Å². The van der Waals surface area contributed by atoms with Gasteiger partial charge in [-0.1, -0.05) is 23.5 Å². The van der Waals surface area contributed by atoms with Crippen molar-refractivity contribution in [3.8, 4) is 23.0 Å². The van der Waals surface area contributed by atoms with Gasteiger partial charge in [-0.2, -0.15) is 0 Å². The van der Waals surface area contributed by atoms with Crippen LogP contribution in [0.5, 0.6) is 23.0 Å². The van der Waals surface area contributed by atoms with Gasteiger partial charge in [0.15, 0.2) is 27.8 Å². The molecule has 0 fully saturated rings. The Balaban J connectivity index is 1.94. The standard InChI is InChI=1S/C28H30N2O7S/c1-6-35-21-13-17(9-11-19(21)31)14-23-26(32)30-25(18-10-12-20(34-5)22(15-18)36-7-2)24(27(33)37-8-3)16(4)29-28(30)38-23/h9-15,25,31H,6-8H2,1-5H3. The van der Waals surface area contributed by atoms with Crippen molar-refractivity contribution in [1.82, 2.24) is 4.57 Å². The maximum Gasteiger partial charge on any atom is 0.338 e. The van der Waals surface area contributed by atoms with Crippen molar-refractivity contribution >= 4 is 23.4 Å². The van der Waals surface area contributed by atoms with E-state index in [9.17, 15) is 14.7 Å². The van der Waals surface area contributed by atoms with Crippen LogP contribution >= 0.6 is 11.3 Å². The zero-order valence-electron chi connectivity index (χ0n) is 21.9. The summed E-state index contributed by atoms with van der Waals surface area (Å²) in [5.41, 5.74) is 1.77. The number of carbonyl (C=O) groups excluding carboxylic acids is 1. The maximum atomic E-state index is 13.8. The number of thiazole rings is 1. The molecular formula is C28H30N2O7S. The number of rotatable bonds is 9. The predicted molar refractivity (Wildman–Crippen MR) is 144 cm³/mol. The van der Waals surface area contributed by atoms with Gasteiger partial charge in [-0.25, -0.2) is 9.79 Å². The topological polar surface area (TPSA) is 109 Å². The van der Waals surface area contributed by atoms with Crippen LogP contribution in [-0.4, -0.2) is 42.6 Å². The minimum absolute atomic E-state index is 0.0183. The van der Waals surface area contributed by atoms with Crippen LogP contribution in [0, 0.1) is 0 Å². The van der Waals surface area contributed by atoms with Crippen LogP contribution < -0.4 is 29.1 Å². The molecule has 4 rings (SSSR count). The highest BCUT2D eigenvalue weighted by molar-refractivity contribution is 7.07. The van der Waals surface area contributed by atoms with E-state index in [4.69, 9.17) is 18.9 Å². The third kappa shape index (κ3) is 5.17. The molecule has 0 bridgehead atoms. The maximum absolute atomic E-state index is 13.8. The number of aromatic nitrogens is 1. The molecule has 0 spiro atoms. The second-order valence-electron chi connectivity index (χ2n) is 8.31. The monoisotopic (exact) mass is 538 g/mol. The van der Waals surface area contributed by atoms with Gasteiger partial charge in [-0.05, 0) is 69.2 Å². The Kier molecular flexibility index (Phi) is 8.21. The smallest absolute Gasteiger partial charge is 0.338 e. The molecule has 2 heterocycles. The van der Waals surface area contributed by atoms with Crippen LogP contribution in [0.3, 0.4) is 0 Å². The highest BCUT2D eigenvalue weighted by Gasteiger charge is 2.34. The minimum atomic E-state index is -0.781. The van der Waals surface area contributed by atoms with Gasteiger partial charge in [0.2, 0.25) is 0 Å². The summed E-state index contributed by atoms with van der Waals surface area (Å²) in [6.45, 7) is 8.14. The van der Waals surface area contributed by atoms with Crippen molar-refractivity contribution in [3.63, 3.8) is 0 Å². The molecule has 1 aromatic heterocycles. The van der Waals surface area contributed by atoms with Gasteiger partial charge in [0, 0.05) is 0 Å². The van der Waals surface area contributed by atoms with E-state index in [1.165, 1.54) is 22.0 Å². The summed E-state index contributed by atoms with van der Waals surface area (Å²) in [7, 11) is 1.55. The van der Waals surface area contributed by atoms with Crippen LogP contribution in [0.1, 0.15) is 44.9 Å². The summed E-state index contributed by atoms with van der Waals surface area (Å²) < 4.78 is 24.0. The molecule has 2 aromatic carbocycles. The van der Waals surface area contributed by atoms with E-state index in [0.717, 1.165) is 0 Å². The van der Waals surface area contributed by atoms with Crippen LogP contribution in [0.4, 0.5) is 0 Å². The number of fused-ring (bicyclic) bond motifs is 1. The summed E-state index contributed by atoms with van der Waals surface area (Å²) in [4.78, 5) is 32.0. The van der Waals surface area contributed by atoms with Crippen molar-refractivity contribution in [2.45, 2.75) is 33.7 Å². The van der Waals surface area contributed by atoms with Crippen LogP contribution in [0.15, 0.2) is 57.5 Å². The van der Waals surface area contributed by atoms with Gasteiger partial charge in [-0.3, -0.25) is 9.36 Å². The number of nitrogens with zero attached hydrogens (tertiary/aromatic N) is 2. The Morgan fingerprint density at radius 2 is 1.79 bits per heavy atom. The van der Waals surface area contributed by atoms with Crippen molar-refractivity contribution in [2.75, 3.05) is 26.9 Å². The van der Waals surface area contributed by atoms with Crippen molar-refractivity contribution in [3.05, 3.63) is 78.5 Å². The summed E-state index contributed by atoms with van der Waals surface area (Å²) in [6, 6.07) is 9.43. The van der Waals surface area contributed by atoms with Gasteiger partial charge in [0.05, 0.1) is 48.8 Å². The number of hydrogen-bond donors (Lipinski definition) is 1. The Labute approximate surface area is 223 Å². The molecule has 0 radical (unpaired) electrons. The molecule has 1 unspecified atom stereocenters. The number of esters is 1. The van der Waals surface area contributed by atoms with Crippen LogP contribution in [0.2, 0.25) is 0 Å². The quantitative estimate of drug-likeness (QED) is 0.417. The number of methoxy groups -OCH3 is 1. The molecule has 0 aliphatic carbocycles. The first kappa shape index (κ1) is 27.0. The van der Waals surface area contributed by atoms with E-state index in [-0.39, 0.29) is 23.5 Å². The largest absolute Gasteiger partial charge is 0.504 e. The molecule has 1 aliphatic rings. The second-order valence-corrected chi connectivity index (χ2v) is 9.31. The lowest BCUT2D eigenvalue weighted by Crippen LogP contribution is -2.40. The average molecular weight is 539 g/mol. The molecule has 3 aromatic rings. The second kappa shape index (κ2) is 11.6. The molecule has 10 heteroatoms. The molecule has 1 atom stereocenters. The fraction of sp³-hybridized carbons (Fsp3) is 0.321. The van der Waals surface area contributed by atoms with E-state index in [1.54, 1.807) is 57.4 Å². The minimum Gasteiger partial charge on any atom is -0.504 e. The molecule has 9 nitrogen and oxygen atoms in total. The normalized spacial score (nSPS) is 15.1. The number of carbonyl (C=O) groups is 1. The first-order valence-electron chi connectivity index (χ1n) is 12.3. The lowest BCUT2D eigenvalue weighted by molar-refractivity contribution is -0.139. The van der Waals surface area contributed by atoms with Crippen LogP contribution in [-0.2, 0) is 9.53 Å². The van der Waals surface area contributed by atoms with Crippen molar-refractivity contribution < 1.29 is 28.8 Å². The Morgan fingerprint density at radius 1 is 1.05 bits per heavy atom. The molecule has 200 valence electrons. The number of aromatic hydroxyl groups is 1. The SMILES string of the molecule is CCOC(=O)C1=C(C)N=c2sc(=Cc3ccc(O)c(OCC)c3)c(=O)n2C1c1ccc(OC)c(OCC)c1. The molecule has 38 heavy (non-hydrogen) atoms. The van der Waals surface area contributed by atoms with E-state index in [0.29, 0.717) is 56.6 Å². The lowest BCUT2D eigenvalue weighted by atomic mass is 9.95.